The summed E-state index contributed by atoms with van der Waals surface area (Å²) in [5.41, 5.74) is 0. The normalized spacial score (nSPS) is 15.2. The highest BCUT2D eigenvalue weighted by Gasteiger charge is 1.94. The molecule has 1 fully saturated rings. The van der Waals surface area contributed by atoms with E-state index in [1.807, 2.05) is 0 Å². The lowest BCUT2D eigenvalue weighted by Crippen LogP contribution is -1.85. The van der Waals surface area contributed by atoms with Gasteiger partial charge in [0, 0.05) is 26.4 Å². The van der Waals surface area contributed by atoms with E-state index in [0.717, 1.165) is 38.9 Å². The van der Waals surface area contributed by atoms with E-state index in [4.69, 9.17) is 14.9 Å². The summed E-state index contributed by atoms with van der Waals surface area (Å²) in [6.45, 7) is 2.57. The molecule has 1 aliphatic heterocycles. The third-order valence-electron chi connectivity index (χ3n) is 1.89. The Morgan fingerprint density at radius 2 is 1.23 bits per heavy atom. The maximum atomic E-state index is 8.30. The van der Waals surface area contributed by atoms with E-state index in [-0.39, 0.29) is 13.2 Å². The Labute approximate surface area is 80.7 Å². The van der Waals surface area contributed by atoms with Gasteiger partial charge in [0.05, 0.1) is 0 Å². The second kappa shape index (κ2) is 11.9. The lowest BCUT2D eigenvalue weighted by molar-refractivity contribution is 0.198. The van der Waals surface area contributed by atoms with E-state index in [1.54, 1.807) is 0 Å². The van der Waals surface area contributed by atoms with E-state index in [0.29, 0.717) is 0 Å². The third-order valence-corrected chi connectivity index (χ3v) is 1.89. The van der Waals surface area contributed by atoms with Gasteiger partial charge in [-0.15, -0.1) is 0 Å². The summed E-state index contributed by atoms with van der Waals surface area (Å²) in [4.78, 5) is 0. The van der Waals surface area contributed by atoms with E-state index in [1.165, 1.54) is 12.8 Å². The van der Waals surface area contributed by atoms with Crippen molar-refractivity contribution in [2.24, 2.45) is 0 Å². The number of ether oxygens (including phenoxy) is 1. The number of hydrogen-bond donors (Lipinski definition) is 2. The van der Waals surface area contributed by atoms with Gasteiger partial charge in [-0.25, -0.2) is 0 Å². The summed E-state index contributed by atoms with van der Waals surface area (Å²) in [5.74, 6) is 0. The largest absolute Gasteiger partial charge is 0.396 e. The minimum absolute atomic E-state index is 0.283. The second-order valence-corrected chi connectivity index (χ2v) is 3.18. The molecule has 0 aromatic heterocycles. The maximum absolute atomic E-state index is 8.30. The number of unbranched alkanes of at least 4 members (excludes halogenated alkanes) is 3. The molecule has 0 aromatic rings. The molecule has 1 saturated heterocycles. The summed E-state index contributed by atoms with van der Waals surface area (Å²) in [5, 5.41) is 16.6. The minimum atomic E-state index is 0.283. The monoisotopic (exact) mass is 190 g/mol. The van der Waals surface area contributed by atoms with E-state index >= 15 is 0 Å². The predicted molar refractivity (Wildman–Crippen MR) is 52.7 cm³/mol. The zero-order valence-electron chi connectivity index (χ0n) is 8.37. The van der Waals surface area contributed by atoms with E-state index in [9.17, 15) is 0 Å². The number of aliphatic hydroxyl groups is 2. The van der Waals surface area contributed by atoms with E-state index < -0.39 is 0 Å². The average Bonchev–Trinajstić information content (AvgIpc) is 2.70. The second-order valence-electron chi connectivity index (χ2n) is 3.18. The fourth-order valence-corrected chi connectivity index (χ4v) is 1.09. The van der Waals surface area contributed by atoms with Crippen molar-refractivity contribution in [1.82, 2.24) is 0 Å². The van der Waals surface area contributed by atoms with Gasteiger partial charge in [-0.05, 0) is 25.7 Å². The van der Waals surface area contributed by atoms with Crippen molar-refractivity contribution < 1.29 is 14.9 Å². The third kappa shape index (κ3) is 11.9. The fourth-order valence-electron chi connectivity index (χ4n) is 1.09. The molecule has 80 valence electrons. The molecule has 1 rings (SSSR count). The first-order valence-electron chi connectivity index (χ1n) is 5.21. The van der Waals surface area contributed by atoms with Gasteiger partial charge in [0.25, 0.3) is 0 Å². The molecule has 0 atom stereocenters. The molecule has 0 spiro atoms. The molecule has 0 amide bonds. The Morgan fingerprint density at radius 1 is 0.769 bits per heavy atom. The van der Waals surface area contributed by atoms with Crippen LogP contribution in [-0.2, 0) is 4.74 Å². The summed E-state index contributed by atoms with van der Waals surface area (Å²) in [7, 11) is 0. The molecule has 0 aliphatic carbocycles. The van der Waals surface area contributed by atoms with Crippen LogP contribution in [0.5, 0.6) is 0 Å². The number of rotatable bonds is 5. The van der Waals surface area contributed by atoms with Crippen LogP contribution < -0.4 is 0 Å². The highest BCUT2D eigenvalue weighted by molar-refractivity contribution is 4.43. The van der Waals surface area contributed by atoms with Crippen LogP contribution in [0.4, 0.5) is 0 Å². The Morgan fingerprint density at radius 3 is 1.46 bits per heavy atom. The molecule has 0 aromatic carbocycles. The number of hydrogen-bond acceptors (Lipinski definition) is 3. The summed E-state index contributed by atoms with van der Waals surface area (Å²) < 4.78 is 4.94. The quantitative estimate of drug-likeness (QED) is 0.643. The Kier molecular flexibility index (Phi) is 11.8. The molecular formula is C10H22O3. The first kappa shape index (κ1) is 12.9. The van der Waals surface area contributed by atoms with E-state index in [2.05, 4.69) is 0 Å². The van der Waals surface area contributed by atoms with Gasteiger partial charge >= 0.3 is 0 Å². The molecule has 0 saturated carbocycles. The molecule has 0 radical (unpaired) electrons. The Bertz CT molecular complexity index is 68.6. The maximum Gasteiger partial charge on any atom is 0.0466 e. The van der Waals surface area contributed by atoms with Crippen LogP contribution in [-0.4, -0.2) is 36.6 Å². The van der Waals surface area contributed by atoms with Crippen molar-refractivity contribution in [2.45, 2.75) is 38.5 Å². The van der Waals surface area contributed by atoms with Crippen LogP contribution in [0.3, 0.4) is 0 Å². The average molecular weight is 190 g/mol. The molecule has 13 heavy (non-hydrogen) atoms. The van der Waals surface area contributed by atoms with Gasteiger partial charge in [0.15, 0.2) is 0 Å². The van der Waals surface area contributed by atoms with Crippen LogP contribution in [0, 0.1) is 0 Å². The van der Waals surface area contributed by atoms with Crippen LogP contribution in [0.2, 0.25) is 0 Å². The number of aliphatic hydroxyl groups excluding tert-OH is 2. The fraction of sp³-hybridized carbons (Fsp3) is 1.00. The first-order chi connectivity index (χ1) is 6.41. The van der Waals surface area contributed by atoms with Crippen LogP contribution in [0.1, 0.15) is 38.5 Å². The van der Waals surface area contributed by atoms with Crippen LogP contribution >= 0.6 is 0 Å². The SMILES string of the molecule is C1CCOC1.OCCCCCCO. The van der Waals surface area contributed by atoms with Gasteiger partial charge in [-0.2, -0.15) is 0 Å². The molecular weight excluding hydrogens is 168 g/mol. The zero-order chi connectivity index (χ0) is 9.78. The molecule has 3 nitrogen and oxygen atoms in total. The molecule has 1 aliphatic rings. The van der Waals surface area contributed by atoms with Gasteiger partial charge < -0.3 is 14.9 Å². The molecule has 0 bridgehead atoms. The molecule has 3 heteroatoms. The molecule has 2 N–H and O–H groups in total. The van der Waals surface area contributed by atoms with Gasteiger partial charge in [-0.1, -0.05) is 12.8 Å². The zero-order valence-corrected chi connectivity index (χ0v) is 8.37. The van der Waals surface area contributed by atoms with Crippen molar-refractivity contribution in [3.63, 3.8) is 0 Å². The topological polar surface area (TPSA) is 49.7 Å². The summed E-state index contributed by atoms with van der Waals surface area (Å²) in [6.07, 6.45) is 6.38. The predicted octanol–water partition coefficient (Wildman–Crippen LogP) is 1.33. The Hall–Kier alpha value is -0.120. The van der Waals surface area contributed by atoms with Crippen molar-refractivity contribution in [3.05, 3.63) is 0 Å². The van der Waals surface area contributed by atoms with Crippen molar-refractivity contribution >= 4 is 0 Å². The summed E-state index contributed by atoms with van der Waals surface area (Å²) in [6, 6.07) is 0. The van der Waals surface area contributed by atoms with Gasteiger partial charge in [0.1, 0.15) is 0 Å². The minimum Gasteiger partial charge on any atom is -0.396 e. The molecule has 1 heterocycles. The highest BCUT2D eigenvalue weighted by Crippen LogP contribution is 1.98. The standard InChI is InChI=1S/C6H14O2.C4H8O/c7-5-3-1-2-4-6-8;1-2-4-5-3-1/h7-8H,1-6H2;1-4H2. The first-order valence-corrected chi connectivity index (χ1v) is 5.21. The smallest absolute Gasteiger partial charge is 0.0466 e. The van der Waals surface area contributed by atoms with Crippen molar-refractivity contribution in [1.29, 1.82) is 0 Å². The lowest BCUT2D eigenvalue weighted by atomic mass is 10.2. The van der Waals surface area contributed by atoms with Gasteiger partial charge in [0.2, 0.25) is 0 Å². The summed E-state index contributed by atoms with van der Waals surface area (Å²) >= 11 is 0. The van der Waals surface area contributed by atoms with Crippen LogP contribution in [0.15, 0.2) is 0 Å². The molecule has 0 unspecified atom stereocenters. The van der Waals surface area contributed by atoms with Crippen LogP contribution in [0.25, 0.3) is 0 Å². The highest BCUT2D eigenvalue weighted by atomic mass is 16.5. The lowest BCUT2D eigenvalue weighted by Gasteiger charge is -1.93. The Balaban J connectivity index is 0.000000243. The van der Waals surface area contributed by atoms with Crippen molar-refractivity contribution in [3.8, 4) is 0 Å². The van der Waals surface area contributed by atoms with Gasteiger partial charge in [-0.3, -0.25) is 0 Å². The van der Waals surface area contributed by atoms with Crippen molar-refractivity contribution in [2.75, 3.05) is 26.4 Å².